The quantitative estimate of drug-likeness (QED) is 0.778. The van der Waals surface area contributed by atoms with Crippen LogP contribution in [0.3, 0.4) is 0 Å². The molecule has 19 heavy (non-hydrogen) atoms. The van der Waals surface area contributed by atoms with Gasteiger partial charge in [0.25, 0.3) is 0 Å². The normalized spacial score (nSPS) is 18.1. The lowest BCUT2D eigenvalue weighted by Gasteiger charge is -2.32. The second-order valence-electron chi connectivity index (χ2n) is 5.48. The van der Waals surface area contributed by atoms with Crippen molar-refractivity contribution >= 4 is 11.6 Å². The molecule has 0 amide bonds. The smallest absolute Gasteiger partial charge is 0.134 e. The van der Waals surface area contributed by atoms with Crippen molar-refractivity contribution in [2.45, 2.75) is 51.6 Å². The van der Waals surface area contributed by atoms with E-state index in [1.807, 2.05) is 20.9 Å². The van der Waals surface area contributed by atoms with E-state index >= 15 is 0 Å². The van der Waals surface area contributed by atoms with E-state index in [4.69, 9.17) is 0 Å². The highest BCUT2D eigenvalue weighted by Gasteiger charge is 2.29. The standard InChI is InChI=1S/C14H24N4O/c1-10-12(15-3)17-11(2)18-13(10)16-9-14(19)7-5-4-6-8-14/h19H,4-9H2,1-3H3,(H2,15,16,17,18). The average molecular weight is 264 g/mol. The van der Waals surface area contributed by atoms with Gasteiger partial charge in [-0.1, -0.05) is 19.3 Å². The van der Waals surface area contributed by atoms with Crippen LogP contribution in [0.4, 0.5) is 11.6 Å². The van der Waals surface area contributed by atoms with Gasteiger partial charge in [0, 0.05) is 19.2 Å². The maximum Gasteiger partial charge on any atom is 0.134 e. The molecule has 0 saturated heterocycles. The van der Waals surface area contributed by atoms with Crippen molar-refractivity contribution in [3.8, 4) is 0 Å². The fourth-order valence-corrected chi connectivity index (χ4v) is 2.68. The lowest BCUT2D eigenvalue weighted by Crippen LogP contribution is -2.39. The van der Waals surface area contributed by atoms with Gasteiger partial charge in [-0.05, 0) is 26.7 Å². The minimum atomic E-state index is -0.580. The molecule has 1 aliphatic rings. The summed E-state index contributed by atoms with van der Waals surface area (Å²) >= 11 is 0. The van der Waals surface area contributed by atoms with Crippen molar-refractivity contribution in [3.63, 3.8) is 0 Å². The third-order valence-electron chi connectivity index (χ3n) is 3.86. The van der Waals surface area contributed by atoms with Gasteiger partial charge in [-0.3, -0.25) is 0 Å². The summed E-state index contributed by atoms with van der Waals surface area (Å²) < 4.78 is 0. The zero-order valence-electron chi connectivity index (χ0n) is 12.1. The highest BCUT2D eigenvalue weighted by atomic mass is 16.3. The van der Waals surface area contributed by atoms with Gasteiger partial charge in [-0.2, -0.15) is 0 Å². The molecule has 1 aromatic heterocycles. The Balaban J connectivity index is 2.08. The molecular weight excluding hydrogens is 240 g/mol. The fourth-order valence-electron chi connectivity index (χ4n) is 2.68. The number of anilines is 2. The summed E-state index contributed by atoms with van der Waals surface area (Å²) in [5.41, 5.74) is 0.413. The van der Waals surface area contributed by atoms with Crippen molar-refractivity contribution in [2.24, 2.45) is 0 Å². The van der Waals surface area contributed by atoms with Gasteiger partial charge in [0.05, 0.1) is 5.60 Å². The van der Waals surface area contributed by atoms with E-state index in [0.29, 0.717) is 6.54 Å². The summed E-state index contributed by atoms with van der Waals surface area (Å²) in [6.07, 6.45) is 5.21. The Morgan fingerprint density at radius 2 is 1.74 bits per heavy atom. The van der Waals surface area contributed by atoms with Gasteiger partial charge in [0.15, 0.2) is 0 Å². The van der Waals surface area contributed by atoms with Gasteiger partial charge in [-0.15, -0.1) is 0 Å². The molecule has 1 aromatic rings. The number of rotatable bonds is 4. The van der Waals surface area contributed by atoms with Gasteiger partial charge in [-0.25, -0.2) is 9.97 Å². The maximum absolute atomic E-state index is 10.5. The molecule has 3 N–H and O–H groups in total. The van der Waals surface area contributed by atoms with Crippen LogP contribution in [0.25, 0.3) is 0 Å². The second-order valence-corrected chi connectivity index (χ2v) is 5.48. The van der Waals surface area contributed by atoms with Crippen LogP contribution in [-0.2, 0) is 0 Å². The molecule has 0 atom stereocenters. The van der Waals surface area contributed by atoms with Crippen molar-refractivity contribution in [1.82, 2.24) is 9.97 Å². The van der Waals surface area contributed by atoms with E-state index in [-0.39, 0.29) is 0 Å². The Morgan fingerprint density at radius 3 is 2.37 bits per heavy atom. The van der Waals surface area contributed by atoms with Crippen LogP contribution >= 0.6 is 0 Å². The Morgan fingerprint density at radius 1 is 1.11 bits per heavy atom. The lowest BCUT2D eigenvalue weighted by molar-refractivity contribution is 0.0166. The number of nitrogens with zero attached hydrogens (tertiary/aromatic N) is 2. The fraction of sp³-hybridized carbons (Fsp3) is 0.714. The van der Waals surface area contributed by atoms with Gasteiger partial charge < -0.3 is 15.7 Å². The zero-order valence-corrected chi connectivity index (χ0v) is 12.1. The monoisotopic (exact) mass is 264 g/mol. The van der Waals surface area contributed by atoms with Crippen LogP contribution in [0, 0.1) is 13.8 Å². The highest BCUT2D eigenvalue weighted by molar-refractivity contribution is 5.57. The van der Waals surface area contributed by atoms with E-state index in [1.54, 1.807) is 0 Å². The Kier molecular flexibility index (Phi) is 4.24. The number of hydrogen-bond donors (Lipinski definition) is 3. The van der Waals surface area contributed by atoms with Crippen molar-refractivity contribution in [2.75, 3.05) is 24.2 Å². The van der Waals surface area contributed by atoms with Gasteiger partial charge in [0.2, 0.25) is 0 Å². The van der Waals surface area contributed by atoms with Crippen molar-refractivity contribution in [3.05, 3.63) is 11.4 Å². The van der Waals surface area contributed by atoms with Gasteiger partial charge in [0.1, 0.15) is 17.5 Å². The Bertz CT molecular complexity index is 441. The minimum Gasteiger partial charge on any atom is -0.388 e. The Labute approximate surface area is 114 Å². The second kappa shape index (κ2) is 5.74. The molecule has 1 aliphatic carbocycles. The predicted octanol–water partition coefficient (Wildman–Crippen LogP) is 2.24. The molecule has 1 fully saturated rings. The molecule has 0 aliphatic heterocycles. The molecular formula is C14H24N4O. The SMILES string of the molecule is CNc1nc(C)nc(NCC2(O)CCCCC2)c1C. The van der Waals surface area contributed by atoms with E-state index in [9.17, 15) is 5.11 Å². The summed E-state index contributed by atoms with van der Waals surface area (Å²) in [5.74, 6) is 2.38. The molecule has 1 saturated carbocycles. The molecule has 2 rings (SSSR count). The van der Waals surface area contributed by atoms with E-state index in [1.165, 1.54) is 6.42 Å². The molecule has 5 heteroatoms. The first kappa shape index (κ1) is 14.1. The summed E-state index contributed by atoms with van der Waals surface area (Å²) in [5, 5.41) is 16.9. The molecule has 106 valence electrons. The molecule has 0 radical (unpaired) electrons. The van der Waals surface area contributed by atoms with E-state index in [2.05, 4.69) is 20.6 Å². The first-order chi connectivity index (χ1) is 9.04. The van der Waals surface area contributed by atoms with E-state index < -0.39 is 5.60 Å². The largest absolute Gasteiger partial charge is 0.388 e. The van der Waals surface area contributed by atoms with Crippen LogP contribution in [-0.4, -0.2) is 34.3 Å². The summed E-state index contributed by atoms with van der Waals surface area (Å²) in [6.45, 7) is 4.42. The van der Waals surface area contributed by atoms with Crippen LogP contribution in [0.5, 0.6) is 0 Å². The first-order valence-electron chi connectivity index (χ1n) is 7.03. The topological polar surface area (TPSA) is 70.1 Å². The number of aliphatic hydroxyl groups is 1. The summed E-state index contributed by atoms with van der Waals surface area (Å²) in [4.78, 5) is 8.76. The maximum atomic E-state index is 10.5. The summed E-state index contributed by atoms with van der Waals surface area (Å²) in [7, 11) is 1.85. The van der Waals surface area contributed by atoms with E-state index in [0.717, 1.165) is 48.7 Å². The first-order valence-corrected chi connectivity index (χ1v) is 7.03. The third-order valence-corrected chi connectivity index (χ3v) is 3.86. The van der Waals surface area contributed by atoms with Gasteiger partial charge >= 0.3 is 0 Å². The number of nitrogens with one attached hydrogen (secondary N) is 2. The number of aromatic nitrogens is 2. The summed E-state index contributed by atoms with van der Waals surface area (Å²) in [6, 6.07) is 0. The molecule has 0 aromatic carbocycles. The molecule has 0 spiro atoms. The Hall–Kier alpha value is -1.36. The number of hydrogen-bond acceptors (Lipinski definition) is 5. The molecule has 1 heterocycles. The number of aryl methyl sites for hydroxylation is 1. The zero-order chi connectivity index (χ0) is 13.9. The van der Waals surface area contributed by atoms with Crippen LogP contribution in [0.1, 0.15) is 43.5 Å². The van der Waals surface area contributed by atoms with Crippen LogP contribution in [0.15, 0.2) is 0 Å². The van der Waals surface area contributed by atoms with Crippen LogP contribution in [0.2, 0.25) is 0 Å². The third kappa shape index (κ3) is 3.35. The lowest BCUT2D eigenvalue weighted by atomic mass is 9.85. The van der Waals surface area contributed by atoms with Crippen molar-refractivity contribution in [1.29, 1.82) is 0 Å². The van der Waals surface area contributed by atoms with Crippen LogP contribution < -0.4 is 10.6 Å². The molecule has 5 nitrogen and oxygen atoms in total. The predicted molar refractivity (Wildman–Crippen MR) is 77.6 cm³/mol. The van der Waals surface area contributed by atoms with Crippen molar-refractivity contribution < 1.29 is 5.11 Å². The highest BCUT2D eigenvalue weighted by Crippen LogP contribution is 2.29. The molecule has 0 bridgehead atoms. The molecule has 0 unspecified atom stereocenters. The minimum absolute atomic E-state index is 0.563. The average Bonchev–Trinajstić information content (AvgIpc) is 2.40.